The van der Waals surface area contributed by atoms with E-state index < -0.39 is 6.04 Å². The van der Waals surface area contributed by atoms with Gasteiger partial charge in [-0.3, -0.25) is 9.59 Å². The molecular weight excluding hydrogens is 392 g/mol. The molecule has 166 valence electrons. The lowest BCUT2D eigenvalue weighted by Crippen LogP contribution is -2.48. The maximum absolute atomic E-state index is 13.1. The van der Waals surface area contributed by atoms with Crippen molar-refractivity contribution in [3.8, 4) is 11.5 Å². The van der Waals surface area contributed by atoms with Crippen molar-refractivity contribution in [3.05, 3.63) is 59.7 Å². The largest absolute Gasteiger partial charge is 0.497 e. The van der Waals surface area contributed by atoms with Gasteiger partial charge in [0.1, 0.15) is 17.5 Å². The van der Waals surface area contributed by atoms with Gasteiger partial charge in [-0.25, -0.2) is 0 Å². The van der Waals surface area contributed by atoms with Crippen LogP contribution in [0.25, 0.3) is 0 Å². The Morgan fingerprint density at radius 3 is 2.58 bits per heavy atom. The predicted molar refractivity (Wildman–Crippen MR) is 120 cm³/mol. The van der Waals surface area contributed by atoms with Crippen LogP contribution in [0.2, 0.25) is 0 Å². The Kier molecular flexibility index (Phi) is 7.93. The summed E-state index contributed by atoms with van der Waals surface area (Å²) in [6.45, 7) is 4.78. The second-order valence-electron chi connectivity index (χ2n) is 8.16. The van der Waals surface area contributed by atoms with E-state index in [4.69, 9.17) is 9.47 Å². The second kappa shape index (κ2) is 10.8. The van der Waals surface area contributed by atoms with Gasteiger partial charge in [-0.2, -0.15) is 0 Å². The van der Waals surface area contributed by atoms with E-state index in [9.17, 15) is 9.59 Å². The van der Waals surface area contributed by atoms with Gasteiger partial charge in [-0.05, 0) is 62.1 Å². The fraction of sp³-hybridized carbons (Fsp3) is 0.440. The third-order valence-corrected chi connectivity index (χ3v) is 5.37. The summed E-state index contributed by atoms with van der Waals surface area (Å²) in [5.41, 5.74) is 1.94. The molecule has 2 aromatic rings. The number of rotatable bonds is 8. The van der Waals surface area contributed by atoms with Crippen molar-refractivity contribution in [2.75, 3.05) is 7.11 Å². The molecule has 1 heterocycles. The van der Waals surface area contributed by atoms with Gasteiger partial charge in [-0.1, -0.05) is 30.7 Å². The lowest BCUT2D eigenvalue weighted by atomic mass is 10.1. The van der Waals surface area contributed by atoms with Crippen LogP contribution in [0, 0.1) is 0 Å². The van der Waals surface area contributed by atoms with Gasteiger partial charge in [-0.15, -0.1) is 0 Å². The van der Waals surface area contributed by atoms with Crippen LogP contribution in [-0.4, -0.2) is 36.0 Å². The van der Waals surface area contributed by atoms with Gasteiger partial charge >= 0.3 is 0 Å². The molecule has 1 unspecified atom stereocenters. The van der Waals surface area contributed by atoms with E-state index in [1.54, 1.807) is 12.0 Å². The van der Waals surface area contributed by atoms with Crippen LogP contribution in [0.4, 0.5) is 0 Å². The lowest BCUT2D eigenvalue weighted by molar-refractivity contribution is -0.140. The molecule has 2 amide bonds. The number of benzene rings is 2. The Balaban J connectivity index is 1.66. The van der Waals surface area contributed by atoms with Crippen molar-refractivity contribution in [1.29, 1.82) is 0 Å². The lowest BCUT2D eigenvalue weighted by Gasteiger charge is -2.29. The summed E-state index contributed by atoms with van der Waals surface area (Å²) < 4.78 is 11.0. The third kappa shape index (κ3) is 6.48. The minimum atomic E-state index is -0.468. The van der Waals surface area contributed by atoms with Gasteiger partial charge in [0.05, 0.1) is 13.2 Å². The first-order valence-electron chi connectivity index (χ1n) is 10.9. The molecule has 3 rings (SSSR count). The van der Waals surface area contributed by atoms with Gasteiger partial charge in [0, 0.05) is 19.5 Å². The molecule has 0 radical (unpaired) electrons. The topological polar surface area (TPSA) is 67.9 Å². The molecule has 2 aromatic carbocycles. The normalized spacial score (nSPS) is 16.7. The average Bonchev–Trinajstić information content (AvgIpc) is 2.94. The van der Waals surface area contributed by atoms with Gasteiger partial charge < -0.3 is 19.7 Å². The number of nitrogens with zero attached hydrogens (tertiary/aromatic N) is 1. The summed E-state index contributed by atoms with van der Waals surface area (Å²) in [6, 6.07) is 14.9. The van der Waals surface area contributed by atoms with E-state index in [1.165, 1.54) is 0 Å². The zero-order valence-corrected chi connectivity index (χ0v) is 18.6. The minimum Gasteiger partial charge on any atom is -0.497 e. The molecule has 0 saturated carbocycles. The standard InChI is InChI=1S/C25H32N2O4/c1-18(2)31-21-13-11-19(12-14-21)16-26-25(29)23-9-4-5-10-24(28)27(23)17-20-7-6-8-22(15-20)30-3/h6-8,11-15,18,23H,4-5,9-10,16-17H2,1-3H3,(H,26,29). The third-order valence-electron chi connectivity index (χ3n) is 5.37. The SMILES string of the molecule is COc1cccc(CN2C(=O)CCCCC2C(=O)NCc2ccc(OC(C)C)cc2)c1. The Morgan fingerprint density at radius 1 is 1.10 bits per heavy atom. The number of carbonyl (C=O) groups is 2. The first kappa shape index (κ1) is 22.7. The van der Waals surface area contributed by atoms with Crippen LogP contribution in [0.5, 0.6) is 11.5 Å². The van der Waals surface area contributed by atoms with Crippen molar-refractivity contribution in [3.63, 3.8) is 0 Å². The van der Waals surface area contributed by atoms with Crippen LogP contribution in [-0.2, 0) is 22.7 Å². The average molecular weight is 425 g/mol. The van der Waals surface area contributed by atoms with E-state index >= 15 is 0 Å². The number of likely N-dealkylation sites (tertiary alicyclic amines) is 1. The Bertz CT molecular complexity index is 879. The number of ether oxygens (including phenoxy) is 2. The predicted octanol–water partition coefficient (Wildman–Crippen LogP) is 4.07. The van der Waals surface area contributed by atoms with Gasteiger partial charge in [0.2, 0.25) is 11.8 Å². The number of nitrogens with one attached hydrogen (secondary N) is 1. The highest BCUT2D eigenvalue weighted by atomic mass is 16.5. The fourth-order valence-electron chi connectivity index (χ4n) is 3.79. The highest BCUT2D eigenvalue weighted by molar-refractivity contribution is 5.88. The minimum absolute atomic E-state index is 0.0238. The van der Waals surface area contributed by atoms with Crippen LogP contribution in [0.3, 0.4) is 0 Å². The van der Waals surface area contributed by atoms with E-state index in [0.717, 1.165) is 35.5 Å². The number of carbonyl (C=O) groups excluding carboxylic acids is 2. The summed E-state index contributed by atoms with van der Waals surface area (Å²) in [4.78, 5) is 27.6. The number of methoxy groups -OCH3 is 1. The highest BCUT2D eigenvalue weighted by Gasteiger charge is 2.31. The Labute approximate surface area is 184 Å². The summed E-state index contributed by atoms with van der Waals surface area (Å²) in [5.74, 6) is 1.46. The summed E-state index contributed by atoms with van der Waals surface area (Å²) in [7, 11) is 1.62. The molecule has 0 bridgehead atoms. The van der Waals surface area contributed by atoms with Gasteiger partial charge in [0.15, 0.2) is 0 Å². The van der Waals surface area contributed by atoms with Crippen LogP contribution < -0.4 is 14.8 Å². The van der Waals surface area contributed by atoms with Crippen LogP contribution in [0.15, 0.2) is 48.5 Å². The molecule has 31 heavy (non-hydrogen) atoms. The fourth-order valence-corrected chi connectivity index (χ4v) is 3.79. The van der Waals surface area contributed by atoms with Crippen molar-refractivity contribution in [2.45, 2.75) is 64.8 Å². The first-order chi connectivity index (χ1) is 15.0. The van der Waals surface area contributed by atoms with E-state index in [-0.39, 0.29) is 17.9 Å². The van der Waals surface area contributed by atoms with Crippen molar-refractivity contribution in [2.24, 2.45) is 0 Å². The maximum Gasteiger partial charge on any atom is 0.243 e. The monoisotopic (exact) mass is 424 g/mol. The molecule has 0 aliphatic carbocycles. The number of amides is 2. The molecule has 1 saturated heterocycles. The molecule has 6 nitrogen and oxygen atoms in total. The molecule has 0 spiro atoms. The van der Waals surface area contributed by atoms with Crippen molar-refractivity contribution in [1.82, 2.24) is 10.2 Å². The van der Waals surface area contributed by atoms with E-state index in [0.29, 0.717) is 25.9 Å². The molecule has 0 aromatic heterocycles. The summed E-state index contributed by atoms with van der Waals surface area (Å²) >= 11 is 0. The molecule has 1 N–H and O–H groups in total. The van der Waals surface area contributed by atoms with Crippen LogP contribution >= 0.6 is 0 Å². The summed E-state index contributed by atoms with van der Waals surface area (Å²) in [6.07, 6.45) is 2.94. The van der Waals surface area contributed by atoms with Crippen LogP contribution in [0.1, 0.15) is 50.7 Å². The quantitative estimate of drug-likeness (QED) is 0.694. The maximum atomic E-state index is 13.1. The van der Waals surface area contributed by atoms with Gasteiger partial charge in [0.25, 0.3) is 0 Å². The molecule has 1 aliphatic rings. The number of hydrogen-bond acceptors (Lipinski definition) is 4. The number of hydrogen-bond donors (Lipinski definition) is 1. The van der Waals surface area contributed by atoms with E-state index in [2.05, 4.69) is 5.32 Å². The summed E-state index contributed by atoms with van der Waals surface area (Å²) in [5, 5.41) is 3.02. The van der Waals surface area contributed by atoms with Crippen molar-refractivity contribution < 1.29 is 19.1 Å². The Morgan fingerprint density at radius 2 is 1.87 bits per heavy atom. The zero-order chi connectivity index (χ0) is 22.2. The molecule has 1 aliphatic heterocycles. The zero-order valence-electron chi connectivity index (χ0n) is 18.6. The molecule has 1 fully saturated rings. The molecule has 6 heteroatoms. The first-order valence-corrected chi connectivity index (χ1v) is 10.9. The molecular formula is C25H32N2O4. The smallest absolute Gasteiger partial charge is 0.243 e. The molecule has 1 atom stereocenters. The Hall–Kier alpha value is -3.02. The highest BCUT2D eigenvalue weighted by Crippen LogP contribution is 2.23. The second-order valence-corrected chi connectivity index (χ2v) is 8.16. The van der Waals surface area contributed by atoms with E-state index in [1.807, 2.05) is 62.4 Å². The van der Waals surface area contributed by atoms with Crippen molar-refractivity contribution >= 4 is 11.8 Å².